The van der Waals surface area contributed by atoms with Gasteiger partial charge >= 0.3 is 0 Å². The van der Waals surface area contributed by atoms with Crippen molar-refractivity contribution in [1.29, 1.82) is 5.26 Å². The van der Waals surface area contributed by atoms with Crippen LogP contribution in [0.25, 0.3) is 0 Å². The number of rotatable bonds is 6. The number of anilines is 1. The molecule has 0 fully saturated rings. The summed E-state index contributed by atoms with van der Waals surface area (Å²) in [5.41, 5.74) is 0.838. The number of hydrogen-bond acceptors (Lipinski definition) is 5. The molecule has 2 N–H and O–H groups in total. The zero-order chi connectivity index (χ0) is 15.8. The molecular formula is C15H17N3O3. The van der Waals surface area contributed by atoms with Crippen LogP contribution in [0.3, 0.4) is 0 Å². The van der Waals surface area contributed by atoms with Gasteiger partial charge < -0.3 is 15.3 Å². The van der Waals surface area contributed by atoms with E-state index in [1.54, 1.807) is 36.2 Å². The van der Waals surface area contributed by atoms with Crippen LogP contribution in [0, 0.1) is 11.3 Å². The van der Waals surface area contributed by atoms with Crippen molar-refractivity contribution in [3.05, 3.63) is 41.6 Å². The highest BCUT2D eigenvalue weighted by Gasteiger charge is 2.11. The molecule has 0 spiro atoms. The second-order valence-electron chi connectivity index (χ2n) is 4.45. The Morgan fingerprint density at radius 1 is 1.48 bits per heavy atom. The molecule has 6 heteroatoms. The summed E-state index contributed by atoms with van der Waals surface area (Å²) in [4.78, 5) is 24.8. The van der Waals surface area contributed by atoms with Gasteiger partial charge in [-0.15, -0.1) is 0 Å². The van der Waals surface area contributed by atoms with E-state index >= 15 is 0 Å². The lowest BCUT2D eigenvalue weighted by atomic mass is 10.1. The Hall–Kier alpha value is -2.65. The molecule has 0 aliphatic heterocycles. The maximum atomic E-state index is 12.0. The fraction of sp³-hybridized carbons (Fsp3) is 0.267. The third kappa shape index (κ3) is 5.09. The van der Waals surface area contributed by atoms with Crippen molar-refractivity contribution in [3.63, 3.8) is 0 Å². The highest BCUT2D eigenvalue weighted by atomic mass is 16.3. The lowest BCUT2D eigenvalue weighted by molar-refractivity contribution is -0.112. The summed E-state index contributed by atoms with van der Waals surface area (Å²) in [5, 5.41) is 20.4. The van der Waals surface area contributed by atoms with Gasteiger partial charge in [0.05, 0.1) is 6.61 Å². The molecule has 0 aliphatic rings. The summed E-state index contributed by atoms with van der Waals surface area (Å²) in [6, 6.07) is 8.29. The van der Waals surface area contributed by atoms with E-state index in [0.717, 1.165) is 0 Å². The fourth-order valence-corrected chi connectivity index (χ4v) is 1.60. The maximum Gasteiger partial charge on any atom is 0.267 e. The molecule has 0 saturated heterocycles. The first-order chi connectivity index (χ1) is 9.97. The first-order valence-corrected chi connectivity index (χ1v) is 6.33. The highest BCUT2D eigenvalue weighted by molar-refractivity contribution is 6.07. The van der Waals surface area contributed by atoms with Crippen LogP contribution in [-0.4, -0.2) is 41.9 Å². The zero-order valence-corrected chi connectivity index (χ0v) is 12.0. The van der Waals surface area contributed by atoms with E-state index in [0.29, 0.717) is 17.8 Å². The van der Waals surface area contributed by atoms with Crippen molar-refractivity contribution in [1.82, 2.24) is 4.90 Å². The van der Waals surface area contributed by atoms with Crippen LogP contribution in [0.1, 0.15) is 17.3 Å². The molecule has 0 bridgehead atoms. The summed E-state index contributed by atoms with van der Waals surface area (Å²) in [6.07, 6.45) is 1.36. The number of nitrogens with one attached hydrogen (secondary N) is 1. The smallest absolute Gasteiger partial charge is 0.267 e. The van der Waals surface area contributed by atoms with Gasteiger partial charge in [-0.2, -0.15) is 5.26 Å². The van der Waals surface area contributed by atoms with Crippen molar-refractivity contribution < 1.29 is 14.7 Å². The van der Waals surface area contributed by atoms with Gasteiger partial charge in [0.15, 0.2) is 5.78 Å². The second-order valence-corrected chi connectivity index (χ2v) is 4.45. The summed E-state index contributed by atoms with van der Waals surface area (Å²) in [5.74, 6) is -0.673. The third-order valence-electron chi connectivity index (χ3n) is 2.69. The molecule has 0 aliphatic carbocycles. The maximum absolute atomic E-state index is 12.0. The van der Waals surface area contributed by atoms with Crippen molar-refractivity contribution in [3.8, 4) is 6.07 Å². The fourth-order valence-electron chi connectivity index (χ4n) is 1.60. The number of Topliss-reactive ketones (excluding diaryl/α,β-unsaturated/α-hetero) is 1. The number of amides is 1. The molecular weight excluding hydrogens is 270 g/mol. The number of aliphatic hydroxyl groups excluding tert-OH is 1. The third-order valence-corrected chi connectivity index (χ3v) is 2.69. The Labute approximate surface area is 123 Å². The lowest BCUT2D eigenvalue weighted by Crippen LogP contribution is -2.20. The number of ketones is 1. The molecule has 1 rings (SSSR count). The molecule has 0 atom stereocenters. The lowest BCUT2D eigenvalue weighted by Gasteiger charge is -2.12. The molecule has 0 heterocycles. The van der Waals surface area contributed by atoms with Gasteiger partial charge in [-0.3, -0.25) is 9.59 Å². The number of nitrogens with zero attached hydrogens (tertiary/aromatic N) is 2. The monoisotopic (exact) mass is 287 g/mol. The van der Waals surface area contributed by atoms with Gasteiger partial charge in [-0.1, -0.05) is 12.1 Å². The Morgan fingerprint density at radius 2 is 2.19 bits per heavy atom. The van der Waals surface area contributed by atoms with Gasteiger partial charge in [0.2, 0.25) is 0 Å². The minimum atomic E-state index is -0.567. The number of hydrogen-bond donors (Lipinski definition) is 2. The molecule has 0 unspecified atom stereocenters. The van der Waals surface area contributed by atoms with Crippen LogP contribution < -0.4 is 5.32 Å². The Kier molecular flexibility index (Phi) is 6.11. The number of likely N-dealkylation sites (N-methyl/N-ethyl adjacent to an activating group) is 1. The van der Waals surface area contributed by atoms with Crippen molar-refractivity contribution in [2.24, 2.45) is 0 Å². The molecule has 6 nitrogen and oxygen atoms in total. The minimum absolute atomic E-state index is 0.0754. The normalized spacial score (nSPS) is 10.7. The first-order valence-electron chi connectivity index (χ1n) is 6.33. The minimum Gasteiger partial charge on any atom is -0.395 e. The molecule has 1 aromatic rings. The second kappa shape index (κ2) is 7.82. The molecule has 0 aromatic heterocycles. The van der Waals surface area contributed by atoms with Crippen LogP contribution in [0.15, 0.2) is 36.0 Å². The van der Waals surface area contributed by atoms with Gasteiger partial charge in [-0.25, -0.2) is 0 Å². The Bertz CT molecular complexity index is 602. The van der Waals surface area contributed by atoms with Crippen LogP contribution in [0.2, 0.25) is 0 Å². The van der Waals surface area contributed by atoms with Gasteiger partial charge in [0, 0.05) is 31.0 Å². The zero-order valence-electron chi connectivity index (χ0n) is 12.0. The molecule has 1 amide bonds. The summed E-state index contributed by atoms with van der Waals surface area (Å²) >= 11 is 0. The predicted octanol–water partition coefficient (Wildman–Crippen LogP) is 1.16. The number of benzene rings is 1. The van der Waals surface area contributed by atoms with E-state index in [1.807, 2.05) is 6.07 Å². The van der Waals surface area contributed by atoms with E-state index in [4.69, 9.17) is 10.4 Å². The molecule has 21 heavy (non-hydrogen) atoms. The first kappa shape index (κ1) is 16.4. The molecule has 1 aromatic carbocycles. The van der Waals surface area contributed by atoms with Crippen LogP contribution >= 0.6 is 0 Å². The van der Waals surface area contributed by atoms with Crippen molar-refractivity contribution in [2.75, 3.05) is 25.5 Å². The van der Waals surface area contributed by atoms with Crippen molar-refractivity contribution >= 4 is 17.4 Å². The van der Waals surface area contributed by atoms with E-state index in [2.05, 4.69) is 5.32 Å². The van der Waals surface area contributed by atoms with E-state index in [1.165, 1.54) is 13.1 Å². The van der Waals surface area contributed by atoms with E-state index in [9.17, 15) is 9.59 Å². The number of nitriles is 1. The predicted molar refractivity (Wildman–Crippen MR) is 78.5 cm³/mol. The Balaban J connectivity index is 2.86. The summed E-state index contributed by atoms with van der Waals surface area (Å²) in [7, 11) is 1.65. The van der Waals surface area contributed by atoms with Crippen LogP contribution in [0.4, 0.5) is 5.69 Å². The largest absolute Gasteiger partial charge is 0.395 e. The average molecular weight is 287 g/mol. The number of carbonyl (C=O) groups excluding carboxylic acids is 2. The summed E-state index contributed by atoms with van der Waals surface area (Å²) < 4.78 is 0. The van der Waals surface area contributed by atoms with Gasteiger partial charge in [0.1, 0.15) is 11.6 Å². The van der Waals surface area contributed by atoms with Crippen LogP contribution in [0.5, 0.6) is 0 Å². The summed E-state index contributed by atoms with van der Waals surface area (Å²) in [6.45, 7) is 1.68. The van der Waals surface area contributed by atoms with Crippen molar-refractivity contribution in [2.45, 2.75) is 6.92 Å². The topological polar surface area (TPSA) is 93.4 Å². The number of carbonyl (C=O) groups is 2. The van der Waals surface area contributed by atoms with Crippen LogP contribution in [-0.2, 0) is 4.79 Å². The van der Waals surface area contributed by atoms with E-state index < -0.39 is 5.91 Å². The highest BCUT2D eigenvalue weighted by Crippen LogP contribution is 2.12. The van der Waals surface area contributed by atoms with Gasteiger partial charge in [0.25, 0.3) is 5.91 Å². The molecule has 0 radical (unpaired) electrons. The number of aliphatic hydroxyl groups is 1. The quantitative estimate of drug-likeness (QED) is 0.465. The molecule has 110 valence electrons. The SMILES string of the molecule is CC(=O)c1cccc(NC(=O)/C(C#N)=C\N(C)CCO)c1. The Morgan fingerprint density at radius 3 is 2.76 bits per heavy atom. The average Bonchev–Trinajstić information content (AvgIpc) is 2.45. The molecule has 0 saturated carbocycles. The standard InChI is InChI=1S/C15H17N3O3/c1-11(20)12-4-3-5-14(8-12)17-15(21)13(9-16)10-18(2)6-7-19/h3-5,8,10,19H,6-7H2,1-2H3,(H,17,21)/b13-10-. The van der Waals surface area contributed by atoms with E-state index in [-0.39, 0.29) is 18.0 Å². The van der Waals surface area contributed by atoms with Gasteiger partial charge in [-0.05, 0) is 19.1 Å².